The van der Waals surface area contributed by atoms with Crippen LogP contribution in [0.1, 0.15) is 17.7 Å². The smallest absolute Gasteiger partial charge is 0.238 e. The first-order chi connectivity index (χ1) is 11.9. The van der Waals surface area contributed by atoms with Crippen LogP contribution in [0, 0.1) is 6.92 Å². The van der Waals surface area contributed by atoms with E-state index in [1.807, 2.05) is 42.2 Å². The van der Waals surface area contributed by atoms with Crippen LogP contribution in [-0.2, 0) is 21.2 Å². The minimum absolute atomic E-state index is 0.0886. The number of hydrogen-bond donors (Lipinski definition) is 1. The maximum Gasteiger partial charge on any atom is 0.238 e. The molecule has 1 fully saturated rings. The first-order valence-electron chi connectivity index (χ1n) is 8.25. The number of carbonyl (C=O) groups excluding carboxylic acids is 1. The van der Waals surface area contributed by atoms with E-state index in [1.165, 1.54) is 0 Å². The number of carbonyl (C=O) groups is 1. The molecule has 25 heavy (non-hydrogen) atoms. The molecule has 134 valence electrons. The Kier molecular flexibility index (Phi) is 5.24. The first-order valence-corrected chi connectivity index (χ1v) is 10.1. The lowest BCUT2D eigenvalue weighted by Gasteiger charge is -2.26. The number of anilines is 1. The zero-order valence-electron chi connectivity index (χ0n) is 14.1. The van der Waals surface area contributed by atoms with Crippen LogP contribution in [0.25, 0.3) is 0 Å². The molecule has 7 heteroatoms. The molecule has 0 spiro atoms. The minimum atomic E-state index is -3.02. The third kappa shape index (κ3) is 4.70. The zero-order chi connectivity index (χ0) is 17.9. The number of sulfone groups is 1. The van der Waals surface area contributed by atoms with Crippen molar-refractivity contribution >= 4 is 21.4 Å². The van der Waals surface area contributed by atoms with Crippen LogP contribution >= 0.6 is 0 Å². The Bertz CT molecular complexity index is 831. The molecule has 1 atom stereocenters. The van der Waals surface area contributed by atoms with Crippen LogP contribution in [0.2, 0.25) is 0 Å². The highest BCUT2D eigenvalue weighted by Crippen LogP contribution is 2.21. The lowest BCUT2D eigenvalue weighted by atomic mass is 10.2. The molecule has 3 rings (SSSR count). The van der Waals surface area contributed by atoms with Crippen LogP contribution in [0.5, 0.6) is 0 Å². The van der Waals surface area contributed by atoms with Crippen molar-refractivity contribution in [3.05, 3.63) is 54.0 Å². The van der Waals surface area contributed by atoms with Crippen molar-refractivity contribution in [2.45, 2.75) is 25.9 Å². The molecule has 1 N–H and O–H groups in total. The van der Waals surface area contributed by atoms with Crippen LogP contribution in [0.3, 0.4) is 0 Å². The monoisotopic (exact) mass is 362 g/mol. The van der Waals surface area contributed by atoms with Gasteiger partial charge in [0.1, 0.15) is 5.76 Å². The standard InChI is InChI=1S/C18H22N2O4S/c1-14-5-2-3-7-17(14)19-18(21)12-20(11-16-6-4-9-24-16)15-8-10-25(22,23)13-15/h2-7,9,15H,8,10-13H2,1H3,(H,19,21)/t15-/m0/s1. The number of rotatable bonds is 6. The van der Waals surface area contributed by atoms with Crippen LogP contribution in [-0.4, -0.2) is 43.3 Å². The summed E-state index contributed by atoms with van der Waals surface area (Å²) in [5, 5.41) is 2.90. The number of benzene rings is 1. The van der Waals surface area contributed by atoms with Gasteiger partial charge in [-0.15, -0.1) is 0 Å². The highest BCUT2D eigenvalue weighted by atomic mass is 32.2. The third-order valence-corrected chi connectivity index (χ3v) is 6.18. The lowest BCUT2D eigenvalue weighted by molar-refractivity contribution is -0.118. The number of nitrogens with zero attached hydrogens (tertiary/aromatic N) is 1. The topological polar surface area (TPSA) is 79.6 Å². The van der Waals surface area contributed by atoms with E-state index < -0.39 is 9.84 Å². The number of amides is 1. The first kappa shape index (κ1) is 17.7. The molecule has 1 aromatic heterocycles. The molecule has 0 radical (unpaired) electrons. The molecule has 0 bridgehead atoms. The van der Waals surface area contributed by atoms with Crippen molar-refractivity contribution in [1.29, 1.82) is 0 Å². The number of aryl methyl sites for hydroxylation is 1. The van der Waals surface area contributed by atoms with Gasteiger partial charge in [-0.05, 0) is 37.1 Å². The van der Waals surface area contributed by atoms with Crippen molar-refractivity contribution in [3.63, 3.8) is 0 Å². The van der Waals surface area contributed by atoms with Gasteiger partial charge in [0, 0.05) is 11.7 Å². The summed E-state index contributed by atoms with van der Waals surface area (Å²) in [7, 11) is -3.02. The van der Waals surface area contributed by atoms with Gasteiger partial charge in [0.25, 0.3) is 0 Å². The van der Waals surface area contributed by atoms with E-state index in [-0.39, 0.29) is 30.0 Å². The number of nitrogens with one attached hydrogen (secondary N) is 1. The van der Waals surface area contributed by atoms with Gasteiger partial charge in [0.05, 0.1) is 30.9 Å². The second-order valence-electron chi connectivity index (χ2n) is 6.40. The highest BCUT2D eigenvalue weighted by molar-refractivity contribution is 7.91. The van der Waals surface area contributed by atoms with E-state index in [0.717, 1.165) is 11.3 Å². The van der Waals surface area contributed by atoms with E-state index >= 15 is 0 Å². The fourth-order valence-electron chi connectivity index (χ4n) is 3.07. The second-order valence-corrected chi connectivity index (χ2v) is 8.63. The van der Waals surface area contributed by atoms with Gasteiger partial charge in [-0.1, -0.05) is 18.2 Å². The van der Waals surface area contributed by atoms with Gasteiger partial charge in [0.2, 0.25) is 5.91 Å². The quantitative estimate of drug-likeness (QED) is 0.852. The lowest BCUT2D eigenvalue weighted by Crippen LogP contribution is -2.41. The Morgan fingerprint density at radius 2 is 2.08 bits per heavy atom. The summed E-state index contributed by atoms with van der Waals surface area (Å²) in [6.07, 6.45) is 2.12. The summed E-state index contributed by atoms with van der Waals surface area (Å²) in [5.41, 5.74) is 1.75. The summed E-state index contributed by atoms with van der Waals surface area (Å²) in [6.45, 7) is 2.46. The van der Waals surface area contributed by atoms with E-state index in [4.69, 9.17) is 4.42 Å². The summed E-state index contributed by atoms with van der Waals surface area (Å²) >= 11 is 0. The Hall–Kier alpha value is -2.12. The fraction of sp³-hybridized carbons (Fsp3) is 0.389. The molecule has 1 aliphatic heterocycles. The predicted octanol–water partition coefficient (Wildman–Crippen LogP) is 2.22. The Morgan fingerprint density at radius 1 is 1.28 bits per heavy atom. The van der Waals surface area contributed by atoms with Gasteiger partial charge in [-0.25, -0.2) is 8.42 Å². The molecular formula is C18H22N2O4S. The third-order valence-electron chi connectivity index (χ3n) is 4.43. The van der Waals surface area contributed by atoms with Crippen molar-refractivity contribution in [1.82, 2.24) is 4.90 Å². The summed E-state index contributed by atoms with van der Waals surface area (Å²) in [6, 6.07) is 11.0. The Labute approximate surface area is 147 Å². The molecule has 0 aliphatic carbocycles. The zero-order valence-corrected chi connectivity index (χ0v) is 15.0. The molecule has 6 nitrogen and oxygen atoms in total. The van der Waals surface area contributed by atoms with Crippen molar-refractivity contribution in [2.24, 2.45) is 0 Å². The van der Waals surface area contributed by atoms with E-state index in [1.54, 1.807) is 12.3 Å². The predicted molar refractivity (Wildman–Crippen MR) is 96.0 cm³/mol. The average Bonchev–Trinajstić information content (AvgIpc) is 3.18. The van der Waals surface area contributed by atoms with Gasteiger partial charge in [-0.3, -0.25) is 9.69 Å². The molecule has 1 saturated heterocycles. The molecular weight excluding hydrogens is 340 g/mol. The maximum atomic E-state index is 12.5. The van der Waals surface area contributed by atoms with Gasteiger partial charge in [0.15, 0.2) is 9.84 Å². The molecule has 2 heterocycles. The molecule has 2 aromatic rings. The molecule has 1 amide bonds. The molecule has 1 aliphatic rings. The van der Waals surface area contributed by atoms with Crippen molar-refractivity contribution in [2.75, 3.05) is 23.4 Å². The Balaban J connectivity index is 1.70. The SMILES string of the molecule is Cc1ccccc1NC(=O)CN(Cc1ccco1)[C@H]1CCS(=O)(=O)C1. The van der Waals surface area contributed by atoms with E-state index in [2.05, 4.69) is 5.32 Å². The number of hydrogen-bond acceptors (Lipinski definition) is 5. The summed E-state index contributed by atoms with van der Waals surface area (Å²) < 4.78 is 29.0. The second kappa shape index (κ2) is 7.41. The van der Waals surface area contributed by atoms with Gasteiger partial charge < -0.3 is 9.73 Å². The summed E-state index contributed by atoms with van der Waals surface area (Å²) in [4.78, 5) is 14.4. The van der Waals surface area contributed by atoms with Crippen molar-refractivity contribution in [3.8, 4) is 0 Å². The Morgan fingerprint density at radius 3 is 2.72 bits per heavy atom. The average molecular weight is 362 g/mol. The van der Waals surface area contributed by atoms with Gasteiger partial charge >= 0.3 is 0 Å². The maximum absolute atomic E-state index is 12.5. The highest BCUT2D eigenvalue weighted by Gasteiger charge is 2.33. The molecule has 0 unspecified atom stereocenters. The fourth-order valence-corrected chi connectivity index (χ4v) is 4.83. The minimum Gasteiger partial charge on any atom is -0.468 e. The summed E-state index contributed by atoms with van der Waals surface area (Å²) in [5.74, 6) is 0.815. The largest absolute Gasteiger partial charge is 0.468 e. The number of para-hydroxylation sites is 1. The molecule has 1 aromatic carbocycles. The van der Waals surface area contributed by atoms with Crippen LogP contribution in [0.4, 0.5) is 5.69 Å². The van der Waals surface area contributed by atoms with E-state index in [9.17, 15) is 13.2 Å². The molecule has 0 saturated carbocycles. The number of furan rings is 1. The van der Waals surface area contributed by atoms with Crippen LogP contribution in [0.15, 0.2) is 47.1 Å². The normalized spacial score (nSPS) is 19.2. The van der Waals surface area contributed by atoms with E-state index in [0.29, 0.717) is 18.7 Å². The van der Waals surface area contributed by atoms with Crippen LogP contribution < -0.4 is 5.32 Å². The van der Waals surface area contributed by atoms with Gasteiger partial charge in [-0.2, -0.15) is 0 Å². The van der Waals surface area contributed by atoms with Crippen molar-refractivity contribution < 1.29 is 17.6 Å².